The van der Waals surface area contributed by atoms with Crippen molar-refractivity contribution >= 4 is 17.5 Å². The van der Waals surface area contributed by atoms with E-state index in [2.05, 4.69) is 16.4 Å². The van der Waals surface area contributed by atoms with Crippen molar-refractivity contribution in [3.8, 4) is 0 Å². The summed E-state index contributed by atoms with van der Waals surface area (Å²) in [6.45, 7) is 0.666. The second-order valence-corrected chi connectivity index (χ2v) is 4.91. The van der Waals surface area contributed by atoms with Gasteiger partial charge in [0.05, 0.1) is 0 Å². The van der Waals surface area contributed by atoms with Crippen molar-refractivity contribution in [2.24, 2.45) is 0 Å². The minimum absolute atomic E-state index is 0.158. The van der Waals surface area contributed by atoms with E-state index < -0.39 is 0 Å². The molecule has 1 aromatic heterocycles. The zero-order valence-corrected chi connectivity index (χ0v) is 11.0. The standard InChI is InChI=1S/C14H17ClN2O/c15-12-7-9-16-13(10-12)14(18)17-8-6-11-4-2-1-3-5-11/h4,7,9-10H,1-3,5-6,8H2,(H,17,18). The molecule has 0 aliphatic heterocycles. The zero-order chi connectivity index (χ0) is 12.8. The Kier molecular flexibility index (Phi) is 4.76. The molecule has 0 aromatic carbocycles. The Morgan fingerprint density at radius 1 is 1.44 bits per heavy atom. The van der Waals surface area contributed by atoms with Crippen LogP contribution in [-0.4, -0.2) is 17.4 Å². The number of hydrogen-bond acceptors (Lipinski definition) is 2. The molecule has 0 radical (unpaired) electrons. The van der Waals surface area contributed by atoms with Gasteiger partial charge < -0.3 is 5.32 Å². The van der Waals surface area contributed by atoms with Crippen molar-refractivity contribution in [2.75, 3.05) is 6.54 Å². The van der Waals surface area contributed by atoms with Crippen molar-refractivity contribution in [1.29, 1.82) is 0 Å². The normalized spacial score (nSPS) is 15.1. The maximum atomic E-state index is 11.8. The molecule has 1 amide bonds. The number of allylic oxidation sites excluding steroid dienone is 1. The summed E-state index contributed by atoms with van der Waals surface area (Å²) >= 11 is 5.82. The molecule has 0 atom stereocenters. The lowest BCUT2D eigenvalue weighted by molar-refractivity contribution is 0.0949. The van der Waals surface area contributed by atoms with Crippen molar-refractivity contribution in [2.45, 2.75) is 32.1 Å². The van der Waals surface area contributed by atoms with E-state index in [1.54, 1.807) is 18.3 Å². The van der Waals surface area contributed by atoms with Gasteiger partial charge in [-0.2, -0.15) is 0 Å². The molecule has 1 aliphatic carbocycles. The van der Waals surface area contributed by atoms with Crippen LogP contribution in [-0.2, 0) is 0 Å². The fraction of sp³-hybridized carbons (Fsp3) is 0.429. The van der Waals surface area contributed by atoms with Gasteiger partial charge in [0.15, 0.2) is 0 Å². The van der Waals surface area contributed by atoms with Crippen LogP contribution in [0.1, 0.15) is 42.6 Å². The molecule has 96 valence electrons. The number of rotatable bonds is 4. The minimum Gasteiger partial charge on any atom is -0.350 e. The number of carbonyl (C=O) groups is 1. The Labute approximate surface area is 112 Å². The maximum absolute atomic E-state index is 11.8. The van der Waals surface area contributed by atoms with E-state index >= 15 is 0 Å². The number of carbonyl (C=O) groups excluding carboxylic acids is 1. The summed E-state index contributed by atoms with van der Waals surface area (Å²) in [7, 11) is 0. The summed E-state index contributed by atoms with van der Waals surface area (Å²) in [6.07, 6.45) is 9.70. The monoisotopic (exact) mass is 264 g/mol. The molecule has 2 rings (SSSR count). The van der Waals surface area contributed by atoms with Gasteiger partial charge in [-0.3, -0.25) is 9.78 Å². The number of nitrogens with one attached hydrogen (secondary N) is 1. The summed E-state index contributed by atoms with van der Waals surface area (Å²) in [5.41, 5.74) is 1.83. The average Bonchev–Trinajstić information content (AvgIpc) is 2.40. The minimum atomic E-state index is -0.158. The zero-order valence-electron chi connectivity index (χ0n) is 10.3. The van der Waals surface area contributed by atoms with Crippen LogP contribution in [0.25, 0.3) is 0 Å². The molecule has 1 aliphatic rings. The van der Waals surface area contributed by atoms with Crippen LogP contribution in [0, 0.1) is 0 Å². The van der Waals surface area contributed by atoms with Crippen molar-refractivity contribution < 1.29 is 4.79 Å². The third kappa shape index (κ3) is 3.84. The van der Waals surface area contributed by atoms with Crippen molar-refractivity contribution in [1.82, 2.24) is 10.3 Å². The Hall–Kier alpha value is -1.35. The highest BCUT2D eigenvalue weighted by molar-refractivity contribution is 6.30. The lowest BCUT2D eigenvalue weighted by Gasteiger charge is -2.12. The molecule has 1 aromatic rings. The van der Waals surface area contributed by atoms with Gasteiger partial charge in [-0.25, -0.2) is 0 Å². The average molecular weight is 265 g/mol. The van der Waals surface area contributed by atoms with Gasteiger partial charge in [-0.15, -0.1) is 0 Å². The number of pyridine rings is 1. The van der Waals surface area contributed by atoms with Crippen LogP contribution in [0.3, 0.4) is 0 Å². The molecule has 0 saturated heterocycles. The fourth-order valence-electron chi connectivity index (χ4n) is 2.09. The number of aromatic nitrogens is 1. The smallest absolute Gasteiger partial charge is 0.269 e. The lowest BCUT2D eigenvalue weighted by atomic mass is 9.97. The third-order valence-corrected chi connectivity index (χ3v) is 3.31. The van der Waals surface area contributed by atoms with Gasteiger partial charge in [-0.1, -0.05) is 23.3 Å². The van der Waals surface area contributed by atoms with E-state index in [4.69, 9.17) is 11.6 Å². The van der Waals surface area contributed by atoms with Crippen LogP contribution in [0.4, 0.5) is 0 Å². The van der Waals surface area contributed by atoms with Crippen LogP contribution in [0.5, 0.6) is 0 Å². The van der Waals surface area contributed by atoms with E-state index in [-0.39, 0.29) is 5.91 Å². The molecule has 4 heteroatoms. The highest BCUT2D eigenvalue weighted by Crippen LogP contribution is 2.19. The van der Waals surface area contributed by atoms with Gasteiger partial charge >= 0.3 is 0 Å². The number of hydrogen-bond donors (Lipinski definition) is 1. The fourth-order valence-corrected chi connectivity index (χ4v) is 2.25. The van der Waals surface area contributed by atoms with Gasteiger partial charge in [0.25, 0.3) is 5.91 Å². The van der Waals surface area contributed by atoms with E-state index in [9.17, 15) is 4.79 Å². The second-order valence-electron chi connectivity index (χ2n) is 4.47. The summed E-state index contributed by atoms with van der Waals surface area (Å²) in [5, 5.41) is 3.41. The first-order valence-corrected chi connectivity index (χ1v) is 6.71. The van der Waals surface area contributed by atoms with E-state index in [0.29, 0.717) is 17.3 Å². The molecule has 0 unspecified atom stereocenters. The second kappa shape index (κ2) is 6.55. The summed E-state index contributed by atoms with van der Waals surface area (Å²) in [6, 6.07) is 3.24. The predicted octanol–water partition coefficient (Wildman–Crippen LogP) is 3.36. The Bertz CT molecular complexity index is 457. The lowest BCUT2D eigenvalue weighted by Crippen LogP contribution is -2.25. The Morgan fingerprint density at radius 2 is 2.33 bits per heavy atom. The van der Waals surface area contributed by atoms with Crippen molar-refractivity contribution in [3.63, 3.8) is 0 Å². The van der Waals surface area contributed by atoms with Gasteiger partial charge in [0.2, 0.25) is 0 Å². The van der Waals surface area contributed by atoms with E-state index in [0.717, 1.165) is 6.42 Å². The van der Waals surface area contributed by atoms with Crippen LogP contribution >= 0.6 is 11.6 Å². The number of nitrogens with zero attached hydrogens (tertiary/aromatic N) is 1. The first-order chi connectivity index (χ1) is 8.75. The summed E-state index contributed by atoms with van der Waals surface area (Å²) < 4.78 is 0. The van der Waals surface area contributed by atoms with Crippen molar-refractivity contribution in [3.05, 3.63) is 40.7 Å². The molecule has 1 heterocycles. The van der Waals surface area contributed by atoms with Crippen LogP contribution in [0.15, 0.2) is 30.0 Å². The molecule has 1 N–H and O–H groups in total. The molecule has 3 nitrogen and oxygen atoms in total. The molecule has 0 fully saturated rings. The highest BCUT2D eigenvalue weighted by atomic mass is 35.5. The topological polar surface area (TPSA) is 42.0 Å². The molecule has 0 bridgehead atoms. The van der Waals surface area contributed by atoms with E-state index in [1.807, 2.05) is 0 Å². The van der Waals surface area contributed by atoms with E-state index in [1.165, 1.54) is 31.3 Å². The van der Waals surface area contributed by atoms with Crippen LogP contribution < -0.4 is 5.32 Å². The van der Waals surface area contributed by atoms with Gasteiger partial charge in [-0.05, 0) is 44.2 Å². The molecule has 0 saturated carbocycles. The highest BCUT2D eigenvalue weighted by Gasteiger charge is 2.08. The van der Waals surface area contributed by atoms with Gasteiger partial charge in [0.1, 0.15) is 5.69 Å². The molecule has 18 heavy (non-hydrogen) atoms. The molecule has 0 spiro atoms. The number of amides is 1. The molecular formula is C14H17ClN2O. The quantitative estimate of drug-likeness (QED) is 0.848. The first-order valence-electron chi connectivity index (χ1n) is 6.33. The maximum Gasteiger partial charge on any atom is 0.269 e. The molecular weight excluding hydrogens is 248 g/mol. The predicted molar refractivity (Wildman–Crippen MR) is 72.7 cm³/mol. The summed E-state index contributed by atoms with van der Waals surface area (Å²) in [4.78, 5) is 15.8. The Morgan fingerprint density at radius 3 is 3.06 bits per heavy atom. The van der Waals surface area contributed by atoms with Crippen LogP contribution in [0.2, 0.25) is 5.02 Å². The SMILES string of the molecule is O=C(NCCC1=CCCCC1)c1cc(Cl)ccn1. The first kappa shape index (κ1) is 13.1. The third-order valence-electron chi connectivity index (χ3n) is 3.07. The number of halogens is 1. The summed E-state index contributed by atoms with van der Waals surface area (Å²) in [5.74, 6) is -0.158. The Balaban J connectivity index is 1.79. The largest absolute Gasteiger partial charge is 0.350 e. The van der Waals surface area contributed by atoms with Gasteiger partial charge in [0, 0.05) is 17.8 Å².